The highest BCUT2D eigenvalue weighted by Crippen LogP contribution is 2.19. The third-order valence-corrected chi connectivity index (χ3v) is 1.97. The Morgan fingerprint density at radius 3 is 3.00 bits per heavy atom. The maximum atomic E-state index is 2.44. The molecule has 0 bridgehead atoms. The molecule has 0 saturated carbocycles. The van der Waals surface area contributed by atoms with Gasteiger partial charge in [0.15, 0.2) is 0 Å². The Bertz CT molecular complexity index is 167. The van der Waals surface area contributed by atoms with Crippen LogP contribution in [0, 0.1) is 0 Å². The van der Waals surface area contributed by atoms with Crippen molar-refractivity contribution < 1.29 is 0 Å². The van der Waals surface area contributed by atoms with Crippen LogP contribution in [0.4, 0.5) is 0 Å². The van der Waals surface area contributed by atoms with Crippen LogP contribution in [0.5, 0.6) is 0 Å². The summed E-state index contributed by atoms with van der Waals surface area (Å²) in [5.74, 6) is 0. The molecular weight excluding hydrogens is 110 g/mol. The highest BCUT2D eigenvalue weighted by Gasteiger charge is 2.13. The maximum Gasteiger partial charge on any atom is 0.0323 e. The lowest BCUT2D eigenvalue weighted by atomic mass is 10.2. The molecule has 0 N–H and O–H groups in total. The van der Waals surface area contributed by atoms with Crippen LogP contribution in [0.3, 0.4) is 0 Å². The molecule has 0 atom stereocenters. The Labute approximate surface area is 55.7 Å². The van der Waals surface area contributed by atoms with Crippen molar-refractivity contribution in [2.45, 2.75) is 12.8 Å². The topological polar surface area (TPSA) is 3.24 Å². The summed E-state index contributed by atoms with van der Waals surface area (Å²) in [5.41, 5.74) is 1.45. The third kappa shape index (κ3) is 0.766. The van der Waals surface area contributed by atoms with E-state index < -0.39 is 0 Å². The number of fused-ring (bicyclic) bond motifs is 1. The number of allylic oxidation sites excluding steroid dienone is 1. The molecule has 0 aliphatic carbocycles. The fourth-order valence-electron chi connectivity index (χ4n) is 1.48. The molecule has 0 radical (unpaired) electrons. The standard InChI is InChI=1S/C8H11N/c1-2-6-9-7-3-5-8(9)4-1/h1,4-5H,2-3,6-7H2. The molecule has 9 heavy (non-hydrogen) atoms. The van der Waals surface area contributed by atoms with Crippen LogP contribution < -0.4 is 0 Å². The smallest absolute Gasteiger partial charge is 0.0323 e. The first-order valence-electron chi connectivity index (χ1n) is 3.58. The Morgan fingerprint density at radius 2 is 2.11 bits per heavy atom. The third-order valence-electron chi connectivity index (χ3n) is 1.97. The quantitative estimate of drug-likeness (QED) is 0.470. The molecule has 2 rings (SSSR count). The van der Waals surface area contributed by atoms with E-state index in [1.165, 1.54) is 31.6 Å². The summed E-state index contributed by atoms with van der Waals surface area (Å²) in [6.45, 7) is 2.49. The number of nitrogens with zero attached hydrogens (tertiary/aromatic N) is 1. The Hall–Kier alpha value is -0.720. The molecule has 0 unspecified atom stereocenters. The van der Waals surface area contributed by atoms with Crippen molar-refractivity contribution in [2.24, 2.45) is 0 Å². The van der Waals surface area contributed by atoms with E-state index in [1.54, 1.807) is 0 Å². The molecule has 0 amide bonds. The zero-order chi connectivity index (χ0) is 6.10. The monoisotopic (exact) mass is 121 g/mol. The number of rotatable bonds is 0. The predicted octanol–water partition coefficient (Wildman–Crippen LogP) is 1.54. The lowest BCUT2D eigenvalue weighted by Crippen LogP contribution is -2.21. The molecular formula is C8H11N. The first kappa shape index (κ1) is 5.10. The molecule has 2 heterocycles. The van der Waals surface area contributed by atoms with Gasteiger partial charge in [-0.05, 0) is 18.9 Å². The first-order valence-corrected chi connectivity index (χ1v) is 3.58. The zero-order valence-electron chi connectivity index (χ0n) is 5.51. The van der Waals surface area contributed by atoms with Crippen molar-refractivity contribution in [3.05, 3.63) is 23.9 Å². The van der Waals surface area contributed by atoms with E-state index in [9.17, 15) is 0 Å². The lowest BCUT2D eigenvalue weighted by molar-refractivity contribution is 0.384. The van der Waals surface area contributed by atoms with E-state index in [4.69, 9.17) is 0 Å². The maximum absolute atomic E-state index is 2.44. The van der Waals surface area contributed by atoms with Crippen molar-refractivity contribution in [3.63, 3.8) is 0 Å². The number of hydrogen-bond acceptors (Lipinski definition) is 1. The summed E-state index contributed by atoms with van der Waals surface area (Å²) in [6, 6.07) is 0. The van der Waals surface area contributed by atoms with Gasteiger partial charge in [-0.2, -0.15) is 0 Å². The van der Waals surface area contributed by atoms with E-state index in [2.05, 4.69) is 23.1 Å². The normalized spacial score (nSPS) is 24.0. The van der Waals surface area contributed by atoms with Crippen molar-refractivity contribution in [3.8, 4) is 0 Å². The highest BCUT2D eigenvalue weighted by atomic mass is 15.1. The van der Waals surface area contributed by atoms with Gasteiger partial charge in [-0.15, -0.1) is 0 Å². The summed E-state index contributed by atoms with van der Waals surface area (Å²) in [6.07, 6.45) is 9.29. The fraction of sp³-hybridized carbons (Fsp3) is 0.500. The van der Waals surface area contributed by atoms with Crippen LogP contribution in [0.1, 0.15) is 12.8 Å². The van der Waals surface area contributed by atoms with Gasteiger partial charge in [0.2, 0.25) is 0 Å². The van der Waals surface area contributed by atoms with Crippen molar-refractivity contribution >= 4 is 0 Å². The molecule has 1 nitrogen and oxygen atoms in total. The molecule has 48 valence electrons. The van der Waals surface area contributed by atoms with Gasteiger partial charge in [0.1, 0.15) is 0 Å². The Kier molecular flexibility index (Phi) is 1.08. The molecule has 0 aromatic carbocycles. The van der Waals surface area contributed by atoms with Crippen molar-refractivity contribution in [1.29, 1.82) is 0 Å². The summed E-state index contributed by atoms with van der Waals surface area (Å²) in [5, 5.41) is 0. The molecule has 2 aliphatic heterocycles. The van der Waals surface area contributed by atoms with E-state index >= 15 is 0 Å². The van der Waals surface area contributed by atoms with Crippen molar-refractivity contribution in [2.75, 3.05) is 13.1 Å². The van der Waals surface area contributed by atoms with E-state index in [0.29, 0.717) is 0 Å². The molecule has 0 aromatic heterocycles. The van der Waals surface area contributed by atoms with Crippen LogP contribution in [0.2, 0.25) is 0 Å². The van der Waals surface area contributed by atoms with Gasteiger partial charge >= 0.3 is 0 Å². The van der Waals surface area contributed by atoms with Gasteiger partial charge in [0.25, 0.3) is 0 Å². The SMILES string of the molecule is C1=CC2=CCCN2CC1. The van der Waals surface area contributed by atoms with E-state index in [1.807, 2.05) is 0 Å². The van der Waals surface area contributed by atoms with Gasteiger partial charge in [-0.3, -0.25) is 0 Å². The minimum absolute atomic E-state index is 1.23. The Balaban J connectivity index is 2.24. The molecule has 0 fully saturated rings. The number of hydrogen-bond donors (Lipinski definition) is 0. The van der Waals surface area contributed by atoms with E-state index in [-0.39, 0.29) is 0 Å². The Morgan fingerprint density at radius 1 is 1.22 bits per heavy atom. The fourth-order valence-corrected chi connectivity index (χ4v) is 1.48. The summed E-state index contributed by atoms with van der Waals surface area (Å²) < 4.78 is 0. The largest absolute Gasteiger partial charge is 0.371 e. The minimum Gasteiger partial charge on any atom is -0.371 e. The van der Waals surface area contributed by atoms with Gasteiger partial charge in [-0.1, -0.05) is 12.2 Å². The minimum atomic E-state index is 1.23. The van der Waals surface area contributed by atoms with Crippen LogP contribution in [-0.4, -0.2) is 18.0 Å². The average Bonchev–Trinajstić information content (AvgIpc) is 2.33. The van der Waals surface area contributed by atoms with Crippen LogP contribution in [-0.2, 0) is 0 Å². The first-order chi connectivity index (χ1) is 4.47. The molecule has 2 aliphatic rings. The molecule has 0 spiro atoms. The average molecular weight is 121 g/mol. The molecule has 1 heteroatoms. The van der Waals surface area contributed by atoms with Gasteiger partial charge in [0.05, 0.1) is 0 Å². The molecule has 0 aromatic rings. The second-order valence-electron chi connectivity index (χ2n) is 2.60. The van der Waals surface area contributed by atoms with Gasteiger partial charge < -0.3 is 4.90 Å². The molecule has 0 saturated heterocycles. The van der Waals surface area contributed by atoms with Gasteiger partial charge in [0, 0.05) is 18.8 Å². The summed E-state index contributed by atoms with van der Waals surface area (Å²) >= 11 is 0. The van der Waals surface area contributed by atoms with Gasteiger partial charge in [-0.25, -0.2) is 0 Å². The second kappa shape index (κ2) is 1.90. The van der Waals surface area contributed by atoms with Crippen LogP contribution >= 0.6 is 0 Å². The van der Waals surface area contributed by atoms with E-state index in [0.717, 1.165) is 0 Å². The summed E-state index contributed by atoms with van der Waals surface area (Å²) in [7, 11) is 0. The second-order valence-corrected chi connectivity index (χ2v) is 2.60. The highest BCUT2D eigenvalue weighted by molar-refractivity contribution is 5.23. The predicted molar refractivity (Wildman–Crippen MR) is 38.0 cm³/mol. The van der Waals surface area contributed by atoms with Crippen LogP contribution in [0.25, 0.3) is 0 Å². The van der Waals surface area contributed by atoms with Crippen LogP contribution in [0.15, 0.2) is 23.9 Å². The summed E-state index contributed by atoms with van der Waals surface area (Å²) in [4.78, 5) is 2.44. The van der Waals surface area contributed by atoms with Crippen molar-refractivity contribution in [1.82, 2.24) is 4.90 Å². The lowest BCUT2D eigenvalue weighted by Gasteiger charge is -2.22. The zero-order valence-corrected chi connectivity index (χ0v) is 5.51.